The number of rotatable bonds is 3. The summed E-state index contributed by atoms with van der Waals surface area (Å²) in [6.45, 7) is 0. The van der Waals surface area contributed by atoms with Gasteiger partial charge >= 0.3 is 0 Å². The van der Waals surface area contributed by atoms with E-state index in [1.165, 1.54) is 0 Å². The summed E-state index contributed by atoms with van der Waals surface area (Å²) in [7, 11) is 1.65. The summed E-state index contributed by atoms with van der Waals surface area (Å²) >= 11 is 0. The molecule has 0 bridgehead atoms. The molecule has 3 aromatic rings. The van der Waals surface area contributed by atoms with Crippen LogP contribution in [0.1, 0.15) is 5.56 Å². The Balaban J connectivity index is 2.12. The second kappa shape index (κ2) is 5.56. The van der Waals surface area contributed by atoms with Crippen LogP contribution >= 0.6 is 0 Å². The fourth-order valence-electron chi connectivity index (χ4n) is 2.40. The molecule has 0 aliphatic rings. The highest BCUT2D eigenvalue weighted by molar-refractivity contribution is 5.99. The highest BCUT2D eigenvalue weighted by Crippen LogP contribution is 2.32. The third-order valence-electron chi connectivity index (χ3n) is 3.42. The van der Waals surface area contributed by atoms with E-state index in [1.54, 1.807) is 7.11 Å². The highest BCUT2D eigenvalue weighted by Gasteiger charge is 2.07. The molecule has 0 heterocycles. The topological polar surface area (TPSA) is 45.0 Å². The second-order valence-electron chi connectivity index (χ2n) is 4.64. The molecule has 0 aliphatic carbocycles. The van der Waals surface area contributed by atoms with Crippen LogP contribution in [0.3, 0.4) is 0 Å². The number of nitrogens with one attached hydrogen (secondary N) is 1. The fraction of sp³-hybridized carbons (Fsp3) is 0.0556. The van der Waals surface area contributed by atoms with Gasteiger partial charge in [0.25, 0.3) is 0 Å². The fourth-order valence-corrected chi connectivity index (χ4v) is 2.40. The summed E-state index contributed by atoms with van der Waals surface area (Å²) in [5, 5.41) is 14.6. The van der Waals surface area contributed by atoms with E-state index in [2.05, 4.69) is 11.4 Å². The molecule has 3 aromatic carbocycles. The van der Waals surface area contributed by atoms with Gasteiger partial charge in [-0.3, -0.25) is 0 Å². The van der Waals surface area contributed by atoms with Crippen LogP contribution < -0.4 is 10.1 Å². The largest absolute Gasteiger partial charge is 0.495 e. The molecule has 0 radical (unpaired) electrons. The Hall–Kier alpha value is -2.99. The minimum atomic E-state index is 0.677. The molecule has 3 heteroatoms. The standard InChI is InChI=1S/C18H14N2O/c1-21-18-9-5-4-8-17(18)20-16-11-10-13(12-19)14-6-2-3-7-15(14)16/h2-11,20H,1H3. The lowest BCUT2D eigenvalue weighted by Crippen LogP contribution is -1.95. The van der Waals surface area contributed by atoms with Gasteiger partial charge in [-0.2, -0.15) is 5.26 Å². The SMILES string of the molecule is COc1ccccc1Nc1ccc(C#N)c2ccccc12. The Morgan fingerprint density at radius 2 is 1.57 bits per heavy atom. The Bertz CT molecular complexity index is 834. The molecule has 0 spiro atoms. The molecule has 1 N–H and O–H groups in total. The van der Waals surface area contributed by atoms with Crippen molar-refractivity contribution < 1.29 is 4.74 Å². The molecule has 21 heavy (non-hydrogen) atoms. The molecule has 0 saturated heterocycles. The van der Waals surface area contributed by atoms with E-state index >= 15 is 0 Å². The van der Waals surface area contributed by atoms with Gasteiger partial charge in [-0.1, -0.05) is 36.4 Å². The van der Waals surface area contributed by atoms with Crippen LogP contribution in [0.4, 0.5) is 11.4 Å². The molecule has 0 aromatic heterocycles. The van der Waals surface area contributed by atoms with Crippen molar-refractivity contribution in [3.8, 4) is 11.8 Å². The lowest BCUT2D eigenvalue weighted by Gasteiger charge is -2.13. The number of nitriles is 1. The number of hydrogen-bond acceptors (Lipinski definition) is 3. The third kappa shape index (κ3) is 2.39. The van der Waals surface area contributed by atoms with Gasteiger partial charge in [-0.15, -0.1) is 0 Å². The van der Waals surface area contributed by atoms with Gasteiger partial charge in [0.1, 0.15) is 5.75 Å². The monoisotopic (exact) mass is 274 g/mol. The Morgan fingerprint density at radius 3 is 2.33 bits per heavy atom. The van der Waals surface area contributed by atoms with Crippen molar-refractivity contribution in [2.75, 3.05) is 12.4 Å². The quantitative estimate of drug-likeness (QED) is 0.766. The van der Waals surface area contributed by atoms with Gasteiger partial charge in [-0.05, 0) is 24.3 Å². The molecular weight excluding hydrogens is 260 g/mol. The summed E-state index contributed by atoms with van der Waals surface area (Å²) in [5.74, 6) is 0.783. The van der Waals surface area contributed by atoms with Gasteiger partial charge in [-0.25, -0.2) is 0 Å². The molecule has 0 aliphatic heterocycles. The Morgan fingerprint density at radius 1 is 0.857 bits per heavy atom. The first-order chi connectivity index (χ1) is 10.3. The summed E-state index contributed by atoms with van der Waals surface area (Å²) in [6.07, 6.45) is 0. The first-order valence-electron chi connectivity index (χ1n) is 6.65. The van der Waals surface area contributed by atoms with Gasteiger partial charge < -0.3 is 10.1 Å². The number of nitrogens with zero attached hydrogens (tertiary/aromatic N) is 1. The molecule has 102 valence electrons. The number of hydrogen-bond donors (Lipinski definition) is 1. The van der Waals surface area contributed by atoms with E-state index in [0.717, 1.165) is 27.9 Å². The first kappa shape index (κ1) is 13.0. The number of para-hydroxylation sites is 2. The molecule has 0 fully saturated rings. The summed E-state index contributed by atoms with van der Waals surface area (Å²) in [5.41, 5.74) is 2.53. The van der Waals surface area contributed by atoms with E-state index in [9.17, 15) is 5.26 Å². The van der Waals surface area contributed by atoms with Crippen LogP contribution in [0.15, 0.2) is 60.7 Å². The zero-order valence-electron chi connectivity index (χ0n) is 11.6. The summed E-state index contributed by atoms with van der Waals surface area (Å²) < 4.78 is 5.36. The molecule has 0 unspecified atom stereocenters. The van der Waals surface area contributed by atoms with Crippen LogP contribution in [-0.2, 0) is 0 Å². The smallest absolute Gasteiger partial charge is 0.142 e. The zero-order chi connectivity index (χ0) is 14.7. The maximum absolute atomic E-state index is 9.21. The Labute approximate surface area is 123 Å². The third-order valence-corrected chi connectivity index (χ3v) is 3.42. The lowest BCUT2D eigenvalue weighted by molar-refractivity contribution is 0.417. The van der Waals surface area contributed by atoms with Crippen molar-refractivity contribution >= 4 is 22.1 Å². The molecule has 3 rings (SSSR count). The van der Waals surface area contributed by atoms with Crippen LogP contribution in [-0.4, -0.2) is 7.11 Å². The molecule has 0 saturated carbocycles. The first-order valence-corrected chi connectivity index (χ1v) is 6.65. The van der Waals surface area contributed by atoms with E-state index in [0.29, 0.717) is 5.56 Å². The normalized spacial score (nSPS) is 10.1. The van der Waals surface area contributed by atoms with Gasteiger partial charge in [0.2, 0.25) is 0 Å². The average molecular weight is 274 g/mol. The van der Waals surface area contributed by atoms with E-state index in [-0.39, 0.29) is 0 Å². The van der Waals surface area contributed by atoms with Crippen LogP contribution in [0.25, 0.3) is 10.8 Å². The highest BCUT2D eigenvalue weighted by atomic mass is 16.5. The number of fused-ring (bicyclic) bond motifs is 1. The van der Waals surface area contributed by atoms with Crippen LogP contribution in [0, 0.1) is 11.3 Å². The van der Waals surface area contributed by atoms with Crippen LogP contribution in [0.2, 0.25) is 0 Å². The van der Waals surface area contributed by atoms with Gasteiger partial charge in [0.05, 0.1) is 24.4 Å². The maximum atomic E-state index is 9.21. The average Bonchev–Trinajstić information content (AvgIpc) is 2.55. The molecule has 0 atom stereocenters. The number of ether oxygens (including phenoxy) is 1. The minimum Gasteiger partial charge on any atom is -0.495 e. The second-order valence-corrected chi connectivity index (χ2v) is 4.64. The maximum Gasteiger partial charge on any atom is 0.142 e. The number of benzene rings is 3. The number of methoxy groups -OCH3 is 1. The van der Waals surface area contributed by atoms with Crippen molar-refractivity contribution in [1.29, 1.82) is 5.26 Å². The van der Waals surface area contributed by atoms with Gasteiger partial charge in [0.15, 0.2) is 0 Å². The summed E-state index contributed by atoms with van der Waals surface area (Å²) in [6, 6.07) is 21.6. The number of anilines is 2. The lowest BCUT2D eigenvalue weighted by atomic mass is 10.0. The predicted molar refractivity (Wildman–Crippen MR) is 84.9 cm³/mol. The van der Waals surface area contributed by atoms with E-state index in [4.69, 9.17) is 4.74 Å². The Kier molecular flexibility index (Phi) is 3.44. The van der Waals surface area contributed by atoms with Crippen molar-refractivity contribution in [1.82, 2.24) is 0 Å². The van der Waals surface area contributed by atoms with Crippen molar-refractivity contribution in [3.05, 3.63) is 66.2 Å². The van der Waals surface area contributed by atoms with Crippen LogP contribution in [0.5, 0.6) is 5.75 Å². The minimum absolute atomic E-state index is 0.677. The van der Waals surface area contributed by atoms with E-state index in [1.807, 2.05) is 60.7 Å². The molecule has 3 nitrogen and oxygen atoms in total. The van der Waals surface area contributed by atoms with E-state index < -0.39 is 0 Å². The van der Waals surface area contributed by atoms with Crippen molar-refractivity contribution in [2.24, 2.45) is 0 Å². The van der Waals surface area contributed by atoms with Crippen molar-refractivity contribution in [3.63, 3.8) is 0 Å². The predicted octanol–water partition coefficient (Wildman–Crippen LogP) is 4.46. The van der Waals surface area contributed by atoms with Gasteiger partial charge in [0, 0.05) is 16.5 Å². The van der Waals surface area contributed by atoms with Crippen molar-refractivity contribution in [2.45, 2.75) is 0 Å². The summed E-state index contributed by atoms with van der Waals surface area (Å²) in [4.78, 5) is 0. The molecule has 0 amide bonds. The zero-order valence-corrected chi connectivity index (χ0v) is 11.6. The molecular formula is C18H14N2O.